The van der Waals surface area contributed by atoms with Crippen LogP contribution in [0.5, 0.6) is 0 Å². The number of benzene rings is 1. The van der Waals surface area contributed by atoms with E-state index < -0.39 is 0 Å². The number of aryl methyl sites for hydroxylation is 1. The van der Waals surface area contributed by atoms with Crippen LogP contribution >= 0.6 is 28.4 Å². The van der Waals surface area contributed by atoms with Crippen LogP contribution in [0.4, 0.5) is 0 Å². The first-order chi connectivity index (χ1) is 11.3. The van der Waals surface area contributed by atoms with Crippen molar-refractivity contribution in [1.29, 1.82) is 0 Å². The van der Waals surface area contributed by atoms with Crippen LogP contribution < -0.4 is 0 Å². The summed E-state index contributed by atoms with van der Waals surface area (Å²) in [4.78, 5) is 2.68. The van der Waals surface area contributed by atoms with E-state index in [9.17, 15) is 0 Å². The molecule has 3 fully saturated rings. The first-order valence-electron chi connectivity index (χ1n) is 8.43. The predicted molar refractivity (Wildman–Crippen MR) is 103 cm³/mol. The molecule has 3 aliphatic rings. The van der Waals surface area contributed by atoms with Crippen LogP contribution in [0, 0.1) is 18.8 Å². The van der Waals surface area contributed by atoms with Crippen LogP contribution in [-0.2, 0) is 4.74 Å². The Labute approximate surface area is 151 Å². The molecule has 23 heavy (non-hydrogen) atoms. The first kappa shape index (κ1) is 15.1. The second-order valence-electron chi connectivity index (χ2n) is 7.23. The summed E-state index contributed by atoms with van der Waals surface area (Å²) in [5.74, 6) is 2.51. The van der Waals surface area contributed by atoms with E-state index in [4.69, 9.17) is 4.74 Å². The summed E-state index contributed by atoms with van der Waals surface area (Å²) in [7, 11) is 0. The van der Waals surface area contributed by atoms with E-state index in [1.54, 1.807) is 5.56 Å². The van der Waals surface area contributed by atoms with Crippen molar-refractivity contribution < 1.29 is 4.74 Å². The van der Waals surface area contributed by atoms with E-state index in [-0.39, 0.29) is 0 Å². The molecule has 1 saturated carbocycles. The lowest BCUT2D eigenvalue weighted by Gasteiger charge is -2.25. The zero-order valence-electron chi connectivity index (χ0n) is 13.2. The summed E-state index contributed by atoms with van der Waals surface area (Å²) in [5.41, 5.74) is 4.33. The van der Waals surface area contributed by atoms with Gasteiger partial charge in [-0.1, -0.05) is 0 Å². The molecule has 4 atom stereocenters. The number of halogens is 1. The zero-order chi connectivity index (χ0) is 15.6. The number of likely N-dealkylation sites (tertiary alicyclic amines) is 1. The van der Waals surface area contributed by atoms with Gasteiger partial charge in [0.1, 0.15) is 0 Å². The summed E-state index contributed by atoms with van der Waals surface area (Å²) >= 11 is 2.41. The third kappa shape index (κ3) is 2.38. The molecule has 2 aromatic rings. The van der Waals surface area contributed by atoms with Crippen LogP contribution in [-0.4, -0.2) is 46.8 Å². The molecule has 0 spiro atoms. The summed E-state index contributed by atoms with van der Waals surface area (Å²) < 4.78 is 7.70. The van der Waals surface area contributed by atoms with Crippen molar-refractivity contribution in [2.24, 2.45) is 11.8 Å². The minimum Gasteiger partial charge on any atom is -0.380 e. The first-order valence-corrected chi connectivity index (χ1v) is 12.5. The molecule has 2 saturated heterocycles. The molecule has 3 unspecified atom stereocenters. The number of hydrogen-bond donors (Lipinski definition) is 0. The second kappa shape index (κ2) is 5.65. The van der Waals surface area contributed by atoms with Gasteiger partial charge < -0.3 is 4.74 Å². The van der Waals surface area contributed by atoms with Crippen molar-refractivity contribution >= 4 is 39.3 Å². The highest BCUT2D eigenvalue weighted by Gasteiger charge is 2.57. The van der Waals surface area contributed by atoms with Crippen LogP contribution in [0.25, 0.3) is 10.9 Å². The Morgan fingerprint density at radius 1 is 1.30 bits per heavy atom. The monoisotopic (exact) mass is 441 g/mol. The molecule has 0 radical (unpaired) electrons. The number of nitrogens with zero attached hydrogens (tertiary/aromatic N) is 3. The van der Waals surface area contributed by atoms with Gasteiger partial charge >= 0.3 is 0 Å². The van der Waals surface area contributed by atoms with Gasteiger partial charge in [-0.05, 0) is 76.4 Å². The maximum absolute atomic E-state index is 5.56. The van der Waals surface area contributed by atoms with E-state index in [0.717, 1.165) is 31.0 Å². The molecule has 122 valence electrons. The van der Waals surface area contributed by atoms with Crippen LogP contribution in [0.3, 0.4) is 0 Å². The normalized spacial score (nSPS) is 34.0. The molecule has 1 aromatic heterocycles. The van der Waals surface area contributed by atoms with Gasteiger partial charge in [0.25, 0.3) is 0 Å². The Balaban J connectivity index is 1.39. The Morgan fingerprint density at radius 2 is 2.13 bits per heavy atom. The highest BCUT2D eigenvalue weighted by Crippen LogP contribution is 2.59. The third-order valence-electron chi connectivity index (χ3n) is 6.04. The molecule has 4 nitrogen and oxygen atoms in total. The molecular formula is C17H21IN3OP. The summed E-state index contributed by atoms with van der Waals surface area (Å²) in [5, 5.41) is 5.79. The van der Waals surface area contributed by atoms with Gasteiger partial charge in [0.05, 0.1) is 24.7 Å². The molecule has 0 amide bonds. The fraction of sp³-hybridized carbons (Fsp3) is 0.588. The molecule has 6 heteroatoms. The molecular weight excluding hydrogens is 420 g/mol. The molecule has 5 rings (SSSR count). The molecule has 3 heterocycles. The topological polar surface area (TPSA) is 30.3 Å². The van der Waals surface area contributed by atoms with Crippen LogP contribution in [0.2, 0.25) is 0 Å². The maximum atomic E-state index is 5.56. The number of ether oxygens (including phenoxy) is 1. The van der Waals surface area contributed by atoms with Crippen LogP contribution in [0.1, 0.15) is 23.5 Å². The quantitative estimate of drug-likeness (QED) is 0.539. The standard InChI is InChI=1S/C17H21IN3OP/c1-10-4-11-6-19-21(23-18)16(11)5-13(10)17-14-7-20(8-15(14)17)12-2-3-22-9-12/h4-6,12,14-15,17,23H,2-3,7-9H2,1H3/t12-,14?,15?,17?/m0/s1. The van der Waals surface area contributed by atoms with Crippen LogP contribution in [0.15, 0.2) is 18.3 Å². The van der Waals surface area contributed by atoms with Crippen molar-refractivity contribution in [3.63, 3.8) is 0 Å². The van der Waals surface area contributed by atoms with Gasteiger partial charge in [-0.2, -0.15) is 5.10 Å². The lowest BCUT2D eigenvalue weighted by atomic mass is 9.99. The number of piperidine rings is 1. The summed E-state index contributed by atoms with van der Waals surface area (Å²) in [6.07, 6.45) is 3.90. The Bertz CT molecular complexity index is 746. The summed E-state index contributed by atoms with van der Waals surface area (Å²) in [6, 6.07) is 5.45. The van der Waals surface area contributed by atoms with E-state index in [2.05, 4.69) is 55.5 Å². The van der Waals surface area contributed by atoms with Crippen molar-refractivity contribution in [2.75, 3.05) is 26.3 Å². The van der Waals surface area contributed by atoms with E-state index in [1.165, 1.54) is 36.0 Å². The third-order valence-corrected chi connectivity index (χ3v) is 7.93. The highest BCUT2D eigenvalue weighted by atomic mass is 127. The molecule has 0 N–H and O–H groups in total. The second-order valence-corrected chi connectivity index (χ2v) is 9.27. The molecule has 1 aliphatic carbocycles. The fourth-order valence-corrected chi connectivity index (χ4v) is 6.30. The molecule has 2 aliphatic heterocycles. The van der Waals surface area contributed by atoms with Crippen molar-refractivity contribution in [3.8, 4) is 0 Å². The van der Waals surface area contributed by atoms with Gasteiger partial charge in [0.15, 0.2) is 0 Å². The lowest BCUT2D eigenvalue weighted by Crippen LogP contribution is -2.35. The minimum atomic E-state index is 0.670. The number of fused-ring (bicyclic) bond motifs is 2. The van der Waals surface area contributed by atoms with Crippen molar-refractivity contribution in [1.82, 2.24) is 14.5 Å². The SMILES string of the molecule is Cc1cc2cnn(PI)c2cc1C1C2CN([C@H]3CCOC3)CC21. The number of aromatic nitrogens is 2. The minimum absolute atomic E-state index is 0.670. The Kier molecular flexibility index (Phi) is 3.70. The predicted octanol–water partition coefficient (Wildman–Crippen LogP) is 3.57. The average molecular weight is 441 g/mol. The van der Waals surface area contributed by atoms with E-state index >= 15 is 0 Å². The van der Waals surface area contributed by atoms with Gasteiger partial charge in [0, 0.05) is 31.1 Å². The lowest BCUT2D eigenvalue weighted by molar-refractivity contribution is 0.151. The van der Waals surface area contributed by atoms with Crippen molar-refractivity contribution in [2.45, 2.75) is 25.3 Å². The zero-order valence-corrected chi connectivity index (χ0v) is 16.4. The van der Waals surface area contributed by atoms with E-state index in [1.807, 2.05) is 6.20 Å². The van der Waals surface area contributed by atoms with Gasteiger partial charge in [-0.3, -0.25) is 4.90 Å². The molecule has 0 bridgehead atoms. The fourth-order valence-electron chi connectivity index (χ4n) is 4.76. The smallest absolute Gasteiger partial charge is 0.0732 e. The van der Waals surface area contributed by atoms with E-state index in [0.29, 0.717) is 12.4 Å². The highest BCUT2D eigenvalue weighted by molar-refractivity contribution is 14.2. The van der Waals surface area contributed by atoms with Gasteiger partial charge in [-0.15, -0.1) is 0 Å². The average Bonchev–Trinajstić information content (AvgIpc) is 3.07. The largest absolute Gasteiger partial charge is 0.380 e. The Morgan fingerprint density at radius 3 is 2.83 bits per heavy atom. The number of hydrogen-bond acceptors (Lipinski definition) is 3. The number of rotatable bonds is 3. The van der Waals surface area contributed by atoms with Gasteiger partial charge in [0.2, 0.25) is 0 Å². The van der Waals surface area contributed by atoms with Gasteiger partial charge in [-0.25, -0.2) is 4.45 Å². The Hall–Kier alpha value is -0.230. The summed E-state index contributed by atoms with van der Waals surface area (Å²) in [6.45, 7) is 6.72. The van der Waals surface area contributed by atoms with Crippen molar-refractivity contribution in [3.05, 3.63) is 29.5 Å². The molecule has 1 aromatic carbocycles. The maximum Gasteiger partial charge on any atom is 0.0732 e.